The summed E-state index contributed by atoms with van der Waals surface area (Å²) in [5.41, 5.74) is 1.36. The molecule has 0 radical (unpaired) electrons. The second-order valence-corrected chi connectivity index (χ2v) is 3.96. The number of fused-ring (bicyclic) bond motifs is 1. The number of carbonyl (C=O) groups excluding carboxylic acids is 1. The van der Waals surface area contributed by atoms with Crippen molar-refractivity contribution in [2.75, 3.05) is 0 Å². The van der Waals surface area contributed by atoms with Gasteiger partial charge in [-0.05, 0) is 31.1 Å². The van der Waals surface area contributed by atoms with Crippen molar-refractivity contribution in [3.8, 4) is 0 Å². The Morgan fingerprint density at radius 2 is 1.91 bits per heavy atom. The van der Waals surface area contributed by atoms with Crippen molar-refractivity contribution in [1.82, 2.24) is 0 Å². The molecule has 2 atom stereocenters. The third-order valence-corrected chi connectivity index (χ3v) is 3.07. The van der Waals surface area contributed by atoms with Gasteiger partial charge in [0.05, 0.1) is 0 Å². The predicted octanol–water partition coefficient (Wildman–Crippen LogP) is 2.32. The quantitative estimate of drug-likeness (QED) is 0.484. The molecule has 1 heteroatoms. The normalized spacial score (nSPS) is 37.5. The summed E-state index contributed by atoms with van der Waals surface area (Å²) in [6.45, 7) is 3.99. The minimum absolute atomic E-state index is 0.481. The van der Waals surface area contributed by atoms with Crippen LogP contribution in [0.3, 0.4) is 0 Å². The van der Waals surface area contributed by atoms with Crippen LogP contribution in [0.5, 0.6) is 0 Å². The number of allylic oxidation sites excluding steroid dienone is 1. The maximum Gasteiger partial charge on any atom is 0.133 e. The Hall–Kier alpha value is -0.590. The van der Waals surface area contributed by atoms with E-state index in [-0.39, 0.29) is 0 Å². The van der Waals surface area contributed by atoms with E-state index >= 15 is 0 Å². The molecule has 0 aromatic rings. The molecule has 0 amide bonds. The molecule has 2 rings (SSSR count). The van der Waals surface area contributed by atoms with E-state index in [0.29, 0.717) is 17.6 Å². The summed E-state index contributed by atoms with van der Waals surface area (Å²) in [5.74, 6) is 1.87. The van der Waals surface area contributed by atoms with Gasteiger partial charge < -0.3 is 0 Å². The molecule has 2 saturated carbocycles. The van der Waals surface area contributed by atoms with Crippen molar-refractivity contribution >= 4 is 5.78 Å². The van der Waals surface area contributed by atoms with E-state index in [9.17, 15) is 4.79 Å². The van der Waals surface area contributed by atoms with E-state index < -0.39 is 0 Å². The molecule has 0 spiro atoms. The van der Waals surface area contributed by atoms with Crippen molar-refractivity contribution in [2.24, 2.45) is 11.8 Å². The van der Waals surface area contributed by atoms with Crippen LogP contribution in [-0.4, -0.2) is 5.78 Å². The van der Waals surface area contributed by atoms with Gasteiger partial charge in [0.1, 0.15) is 5.78 Å². The van der Waals surface area contributed by atoms with Crippen molar-refractivity contribution < 1.29 is 4.79 Å². The third-order valence-electron chi connectivity index (χ3n) is 3.07. The van der Waals surface area contributed by atoms with Crippen molar-refractivity contribution in [3.63, 3.8) is 0 Å². The van der Waals surface area contributed by atoms with Crippen LogP contribution < -0.4 is 0 Å². The highest BCUT2D eigenvalue weighted by Crippen LogP contribution is 2.41. The Balaban J connectivity index is 2.08. The van der Waals surface area contributed by atoms with Crippen molar-refractivity contribution in [2.45, 2.75) is 32.1 Å². The fraction of sp³-hybridized carbons (Fsp3) is 0.700. The zero-order valence-corrected chi connectivity index (χ0v) is 6.81. The van der Waals surface area contributed by atoms with Gasteiger partial charge in [-0.15, -0.1) is 0 Å². The topological polar surface area (TPSA) is 17.1 Å². The minimum Gasteiger partial charge on any atom is -0.300 e. The SMILES string of the molecule is C=C1CC[C@@H]2CC(=O)C[C@@H]2C1. The van der Waals surface area contributed by atoms with Gasteiger partial charge in [0.25, 0.3) is 0 Å². The molecule has 2 fully saturated rings. The molecule has 0 aromatic heterocycles. The highest BCUT2D eigenvalue weighted by molar-refractivity contribution is 5.81. The van der Waals surface area contributed by atoms with Crippen LogP contribution in [0, 0.1) is 11.8 Å². The number of carbonyl (C=O) groups is 1. The molecular formula is C10H14O. The Kier molecular flexibility index (Phi) is 1.59. The van der Waals surface area contributed by atoms with Gasteiger partial charge in [0.15, 0.2) is 0 Å². The summed E-state index contributed by atoms with van der Waals surface area (Å²) in [5, 5.41) is 0. The van der Waals surface area contributed by atoms with E-state index in [0.717, 1.165) is 25.7 Å². The number of rotatable bonds is 0. The lowest BCUT2D eigenvalue weighted by atomic mass is 9.80. The molecule has 1 nitrogen and oxygen atoms in total. The second-order valence-electron chi connectivity index (χ2n) is 3.96. The first-order valence-electron chi connectivity index (χ1n) is 4.44. The summed E-state index contributed by atoms with van der Waals surface area (Å²) in [6, 6.07) is 0. The van der Waals surface area contributed by atoms with Gasteiger partial charge in [-0.25, -0.2) is 0 Å². The molecule has 11 heavy (non-hydrogen) atoms. The van der Waals surface area contributed by atoms with Gasteiger partial charge in [0, 0.05) is 12.8 Å². The zero-order valence-electron chi connectivity index (χ0n) is 6.81. The molecule has 2 aliphatic rings. The maximum absolute atomic E-state index is 11.1. The van der Waals surface area contributed by atoms with Crippen molar-refractivity contribution in [1.29, 1.82) is 0 Å². The van der Waals surface area contributed by atoms with Gasteiger partial charge in [-0.2, -0.15) is 0 Å². The predicted molar refractivity (Wildman–Crippen MR) is 44.2 cm³/mol. The maximum atomic E-state index is 11.1. The summed E-state index contributed by atoms with van der Waals surface area (Å²) >= 11 is 0. The Morgan fingerprint density at radius 3 is 2.73 bits per heavy atom. The van der Waals surface area contributed by atoms with Crippen LogP contribution in [0.4, 0.5) is 0 Å². The summed E-state index contributed by atoms with van der Waals surface area (Å²) in [7, 11) is 0. The zero-order chi connectivity index (χ0) is 7.84. The highest BCUT2D eigenvalue weighted by Gasteiger charge is 2.35. The lowest BCUT2D eigenvalue weighted by Gasteiger charge is -2.25. The smallest absolute Gasteiger partial charge is 0.133 e. The van der Waals surface area contributed by atoms with Gasteiger partial charge in [-0.3, -0.25) is 4.79 Å². The van der Waals surface area contributed by atoms with Gasteiger partial charge in [-0.1, -0.05) is 12.2 Å². The highest BCUT2D eigenvalue weighted by atomic mass is 16.1. The van der Waals surface area contributed by atoms with Gasteiger partial charge in [0.2, 0.25) is 0 Å². The van der Waals surface area contributed by atoms with Crippen LogP contribution in [0.15, 0.2) is 12.2 Å². The molecule has 0 bridgehead atoms. The van der Waals surface area contributed by atoms with Crippen LogP contribution in [0.25, 0.3) is 0 Å². The monoisotopic (exact) mass is 150 g/mol. The lowest BCUT2D eigenvalue weighted by molar-refractivity contribution is -0.117. The molecule has 2 aliphatic carbocycles. The number of Topliss-reactive ketones (excluding diaryl/α,β-unsaturated/α-hetero) is 1. The van der Waals surface area contributed by atoms with Gasteiger partial charge >= 0.3 is 0 Å². The molecule has 0 aliphatic heterocycles. The fourth-order valence-electron chi connectivity index (χ4n) is 2.44. The average molecular weight is 150 g/mol. The van der Waals surface area contributed by atoms with Crippen molar-refractivity contribution in [3.05, 3.63) is 12.2 Å². The van der Waals surface area contributed by atoms with Crippen LogP contribution in [0.1, 0.15) is 32.1 Å². The molecule has 0 saturated heterocycles. The van der Waals surface area contributed by atoms with E-state index in [1.807, 2.05) is 0 Å². The minimum atomic E-state index is 0.481. The number of hydrogen-bond acceptors (Lipinski definition) is 1. The summed E-state index contributed by atoms with van der Waals surface area (Å²) in [6.07, 6.45) is 5.20. The van der Waals surface area contributed by atoms with Crippen LogP contribution >= 0.6 is 0 Å². The third kappa shape index (κ3) is 1.24. The van der Waals surface area contributed by atoms with E-state index in [4.69, 9.17) is 0 Å². The molecule has 0 heterocycles. The largest absolute Gasteiger partial charge is 0.300 e. The summed E-state index contributed by atoms with van der Waals surface area (Å²) in [4.78, 5) is 11.1. The van der Waals surface area contributed by atoms with Crippen LogP contribution in [0.2, 0.25) is 0 Å². The number of hydrogen-bond donors (Lipinski definition) is 0. The van der Waals surface area contributed by atoms with E-state index in [1.165, 1.54) is 12.0 Å². The second kappa shape index (κ2) is 2.47. The van der Waals surface area contributed by atoms with Crippen LogP contribution in [-0.2, 0) is 4.79 Å². The molecule has 0 N–H and O–H groups in total. The number of ketones is 1. The first kappa shape index (κ1) is 7.08. The average Bonchev–Trinajstić information content (AvgIpc) is 2.27. The Bertz CT molecular complexity index is 203. The molecule has 60 valence electrons. The first-order valence-corrected chi connectivity index (χ1v) is 4.44. The molecule has 0 aromatic carbocycles. The Morgan fingerprint density at radius 1 is 1.18 bits per heavy atom. The lowest BCUT2D eigenvalue weighted by Crippen LogP contribution is -2.14. The molecular weight excluding hydrogens is 136 g/mol. The fourth-order valence-corrected chi connectivity index (χ4v) is 2.44. The standard InChI is InChI=1S/C10H14O/c1-7-2-3-8-5-10(11)6-9(8)4-7/h8-9H,1-6H2/t8-,9+/m1/s1. The summed E-state index contributed by atoms with van der Waals surface area (Å²) < 4.78 is 0. The molecule has 0 unspecified atom stereocenters. The van der Waals surface area contributed by atoms with E-state index in [1.54, 1.807) is 0 Å². The first-order chi connectivity index (χ1) is 5.25. The van der Waals surface area contributed by atoms with E-state index in [2.05, 4.69) is 6.58 Å². The Labute approximate surface area is 67.5 Å².